The van der Waals surface area contributed by atoms with Crippen LogP contribution in [0, 0.1) is 6.92 Å². The van der Waals surface area contributed by atoms with Crippen molar-refractivity contribution in [2.75, 3.05) is 29.9 Å². The second kappa shape index (κ2) is 8.61. The van der Waals surface area contributed by atoms with Gasteiger partial charge >= 0.3 is 6.03 Å². The molecule has 0 unspecified atom stereocenters. The van der Waals surface area contributed by atoms with Crippen molar-refractivity contribution >= 4 is 17.4 Å². The lowest BCUT2D eigenvalue weighted by molar-refractivity contribution is 0.251. The van der Waals surface area contributed by atoms with Gasteiger partial charge in [-0.05, 0) is 62.1 Å². The number of aryl methyl sites for hydroxylation is 1. The molecule has 0 aliphatic carbocycles. The normalized spacial score (nSPS) is 13.5. The van der Waals surface area contributed by atoms with Gasteiger partial charge in [-0.15, -0.1) is 0 Å². The van der Waals surface area contributed by atoms with E-state index in [9.17, 15) is 4.79 Å². The van der Waals surface area contributed by atoms with Crippen LogP contribution < -0.4 is 20.3 Å². The fourth-order valence-corrected chi connectivity index (χ4v) is 3.16. The van der Waals surface area contributed by atoms with Crippen molar-refractivity contribution in [3.8, 4) is 5.75 Å². The van der Waals surface area contributed by atoms with Crippen LogP contribution in [0.1, 0.15) is 30.9 Å². The predicted octanol–water partition coefficient (Wildman–Crippen LogP) is 4.32. The van der Waals surface area contributed by atoms with E-state index in [4.69, 9.17) is 4.74 Å². The van der Waals surface area contributed by atoms with Crippen molar-refractivity contribution in [1.29, 1.82) is 0 Å². The lowest BCUT2D eigenvalue weighted by Crippen LogP contribution is -2.28. The summed E-state index contributed by atoms with van der Waals surface area (Å²) < 4.78 is 5.60. The van der Waals surface area contributed by atoms with Crippen molar-refractivity contribution < 1.29 is 9.53 Å². The number of rotatable bonds is 6. The maximum atomic E-state index is 12.2. The summed E-state index contributed by atoms with van der Waals surface area (Å²) >= 11 is 0. The molecule has 0 atom stereocenters. The highest BCUT2D eigenvalue weighted by Crippen LogP contribution is 2.25. The zero-order valence-corrected chi connectivity index (χ0v) is 15.5. The van der Waals surface area contributed by atoms with Crippen LogP contribution in [-0.4, -0.2) is 25.7 Å². The summed E-state index contributed by atoms with van der Waals surface area (Å²) in [6.07, 6.45) is 2.54. The Bertz CT molecular complexity index is 737. The highest BCUT2D eigenvalue weighted by molar-refractivity contribution is 5.90. The van der Waals surface area contributed by atoms with Gasteiger partial charge in [-0.2, -0.15) is 0 Å². The lowest BCUT2D eigenvalue weighted by Gasteiger charge is -2.18. The standard InChI is InChI=1S/C21H27N3O2/c1-3-26-20-14-16(2)6-11-19(20)23-21(25)22-15-17-7-9-18(10-8-17)24-12-4-5-13-24/h6-11,14H,3-5,12-13,15H2,1-2H3,(H2,22,23,25). The van der Waals surface area contributed by atoms with Crippen LogP contribution in [0.3, 0.4) is 0 Å². The van der Waals surface area contributed by atoms with E-state index in [1.165, 1.54) is 18.5 Å². The third kappa shape index (κ3) is 4.69. The maximum absolute atomic E-state index is 12.2. The van der Waals surface area contributed by atoms with Crippen molar-refractivity contribution in [2.45, 2.75) is 33.2 Å². The van der Waals surface area contributed by atoms with Crippen LogP contribution in [0.15, 0.2) is 42.5 Å². The molecule has 5 heteroatoms. The topological polar surface area (TPSA) is 53.6 Å². The Morgan fingerprint density at radius 1 is 1.12 bits per heavy atom. The lowest BCUT2D eigenvalue weighted by atomic mass is 10.2. The predicted molar refractivity (Wildman–Crippen MR) is 106 cm³/mol. The number of hydrogen-bond acceptors (Lipinski definition) is 3. The number of nitrogens with zero attached hydrogens (tertiary/aromatic N) is 1. The molecule has 2 aromatic carbocycles. The molecule has 2 N–H and O–H groups in total. The number of hydrogen-bond donors (Lipinski definition) is 2. The molecule has 138 valence electrons. The van der Waals surface area contributed by atoms with Gasteiger partial charge in [0.25, 0.3) is 0 Å². The average Bonchev–Trinajstić information content (AvgIpc) is 3.18. The van der Waals surface area contributed by atoms with Crippen molar-refractivity contribution in [2.24, 2.45) is 0 Å². The highest BCUT2D eigenvalue weighted by atomic mass is 16.5. The van der Waals surface area contributed by atoms with Gasteiger partial charge < -0.3 is 20.3 Å². The van der Waals surface area contributed by atoms with Crippen LogP contribution >= 0.6 is 0 Å². The summed E-state index contributed by atoms with van der Waals surface area (Å²) in [4.78, 5) is 14.6. The molecule has 3 rings (SSSR count). The summed E-state index contributed by atoms with van der Waals surface area (Å²) in [6, 6.07) is 13.9. The van der Waals surface area contributed by atoms with E-state index in [2.05, 4.69) is 39.8 Å². The third-order valence-electron chi connectivity index (χ3n) is 4.55. The highest BCUT2D eigenvalue weighted by Gasteiger charge is 2.12. The molecule has 1 heterocycles. The summed E-state index contributed by atoms with van der Waals surface area (Å²) in [5.41, 5.74) is 4.12. The number of amides is 2. The van der Waals surface area contributed by atoms with Crippen molar-refractivity contribution in [1.82, 2.24) is 5.32 Å². The Morgan fingerprint density at radius 2 is 1.85 bits per heavy atom. The summed E-state index contributed by atoms with van der Waals surface area (Å²) in [5.74, 6) is 0.692. The molecule has 1 aliphatic rings. The molecule has 2 aromatic rings. The molecule has 26 heavy (non-hydrogen) atoms. The molecule has 2 amide bonds. The number of benzene rings is 2. The minimum absolute atomic E-state index is 0.238. The number of ether oxygens (including phenoxy) is 1. The number of anilines is 2. The molecule has 0 aromatic heterocycles. The quantitative estimate of drug-likeness (QED) is 0.813. The van der Waals surface area contributed by atoms with E-state index in [1.807, 2.05) is 32.0 Å². The molecule has 1 fully saturated rings. The number of nitrogens with one attached hydrogen (secondary N) is 2. The molecule has 1 aliphatic heterocycles. The number of carbonyl (C=O) groups is 1. The molecular weight excluding hydrogens is 326 g/mol. The SMILES string of the molecule is CCOc1cc(C)ccc1NC(=O)NCc1ccc(N2CCCC2)cc1. The molecule has 0 bridgehead atoms. The fourth-order valence-electron chi connectivity index (χ4n) is 3.16. The zero-order valence-electron chi connectivity index (χ0n) is 15.5. The van der Waals surface area contributed by atoms with Crippen LogP contribution in [0.4, 0.5) is 16.2 Å². The van der Waals surface area contributed by atoms with E-state index < -0.39 is 0 Å². The van der Waals surface area contributed by atoms with E-state index >= 15 is 0 Å². The minimum Gasteiger partial charge on any atom is -0.492 e. The molecule has 0 radical (unpaired) electrons. The van der Waals surface area contributed by atoms with Crippen LogP contribution in [-0.2, 0) is 6.54 Å². The maximum Gasteiger partial charge on any atom is 0.319 e. The second-order valence-electron chi connectivity index (χ2n) is 6.60. The van der Waals surface area contributed by atoms with Crippen molar-refractivity contribution in [3.05, 3.63) is 53.6 Å². The van der Waals surface area contributed by atoms with Gasteiger partial charge in [0.2, 0.25) is 0 Å². The first-order valence-electron chi connectivity index (χ1n) is 9.28. The smallest absolute Gasteiger partial charge is 0.319 e. The van der Waals surface area contributed by atoms with Gasteiger partial charge in [0.1, 0.15) is 5.75 Å². The van der Waals surface area contributed by atoms with Crippen LogP contribution in [0.2, 0.25) is 0 Å². The Kier molecular flexibility index (Phi) is 6.00. The van der Waals surface area contributed by atoms with Gasteiger partial charge in [0.15, 0.2) is 0 Å². The molecule has 1 saturated heterocycles. The molecule has 0 saturated carbocycles. The summed E-state index contributed by atoms with van der Waals surface area (Å²) in [5, 5.41) is 5.77. The Balaban J connectivity index is 1.54. The van der Waals surface area contributed by atoms with Gasteiger partial charge in [-0.25, -0.2) is 4.79 Å². The van der Waals surface area contributed by atoms with Crippen LogP contribution in [0.25, 0.3) is 0 Å². The Morgan fingerprint density at radius 3 is 2.54 bits per heavy atom. The van der Waals surface area contributed by atoms with E-state index in [-0.39, 0.29) is 6.03 Å². The monoisotopic (exact) mass is 353 g/mol. The van der Waals surface area contributed by atoms with E-state index in [0.29, 0.717) is 24.6 Å². The zero-order chi connectivity index (χ0) is 18.4. The fraction of sp³-hybridized carbons (Fsp3) is 0.381. The largest absolute Gasteiger partial charge is 0.492 e. The summed E-state index contributed by atoms with van der Waals surface area (Å²) in [6.45, 7) is 7.25. The first kappa shape index (κ1) is 18.1. The van der Waals surface area contributed by atoms with Gasteiger partial charge in [-0.3, -0.25) is 0 Å². The Labute approximate surface area is 155 Å². The van der Waals surface area contributed by atoms with Gasteiger partial charge in [0, 0.05) is 25.3 Å². The summed E-state index contributed by atoms with van der Waals surface area (Å²) in [7, 11) is 0. The first-order chi connectivity index (χ1) is 12.7. The minimum atomic E-state index is -0.238. The average molecular weight is 353 g/mol. The molecular formula is C21H27N3O2. The van der Waals surface area contributed by atoms with E-state index in [0.717, 1.165) is 24.2 Å². The van der Waals surface area contributed by atoms with Gasteiger partial charge in [-0.1, -0.05) is 18.2 Å². The van der Waals surface area contributed by atoms with Crippen molar-refractivity contribution in [3.63, 3.8) is 0 Å². The molecule has 5 nitrogen and oxygen atoms in total. The van der Waals surface area contributed by atoms with E-state index in [1.54, 1.807) is 0 Å². The van der Waals surface area contributed by atoms with Gasteiger partial charge in [0.05, 0.1) is 12.3 Å². The van der Waals surface area contributed by atoms with Crippen LogP contribution in [0.5, 0.6) is 5.75 Å². The first-order valence-corrected chi connectivity index (χ1v) is 9.28. The third-order valence-corrected chi connectivity index (χ3v) is 4.55. The number of urea groups is 1. The molecule has 0 spiro atoms. The number of carbonyl (C=O) groups excluding carboxylic acids is 1. The second-order valence-corrected chi connectivity index (χ2v) is 6.60. The Hall–Kier alpha value is -2.69.